The Kier molecular flexibility index (Phi) is 5.47. The number of ether oxygens (including phenoxy) is 2. The van der Waals surface area contributed by atoms with Crippen LogP contribution in [0.1, 0.15) is 0 Å². The quantitative estimate of drug-likeness (QED) is 0.685. The van der Waals surface area contributed by atoms with E-state index in [0.29, 0.717) is 27.9 Å². The predicted octanol–water partition coefficient (Wildman–Crippen LogP) is 2.29. The average molecular weight is 444 g/mol. The maximum absolute atomic E-state index is 12.9. The lowest BCUT2D eigenvalue weighted by Crippen LogP contribution is -2.43. The van der Waals surface area contributed by atoms with Crippen molar-refractivity contribution in [1.82, 2.24) is 5.01 Å². The van der Waals surface area contributed by atoms with Crippen LogP contribution < -0.4 is 19.7 Å². The Bertz CT molecular complexity index is 1050. The van der Waals surface area contributed by atoms with E-state index in [1.807, 2.05) is 0 Å². The van der Waals surface area contributed by atoms with Crippen LogP contribution in [-0.2, 0) is 14.4 Å². The van der Waals surface area contributed by atoms with Gasteiger partial charge in [0.25, 0.3) is 11.8 Å². The van der Waals surface area contributed by atoms with Gasteiger partial charge in [-0.05, 0) is 24.3 Å². The summed E-state index contributed by atoms with van der Waals surface area (Å²) in [5, 5.41) is 12.2. The number of nitrogens with one attached hydrogen (secondary N) is 1. The molecule has 0 unspecified atom stereocenters. The number of methoxy groups -OCH3 is 2. The summed E-state index contributed by atoms with van der Waals surface area (Å²) >= 11 is 5.88. The van der Waals surface area contributed by atoms with Crippen molar-refractivity contribution >= 4 is 40.7 Å². The lowest BCUT2D eigenvalue weighted by molar-refractivity contribution is -0.123. The largest absolute Gasteiger partial charge is 0.497 e. The van der Waals surface area contributed by atoms with Gasteiger partial charge in [0.2, 0.25) is 5.91 Å². The van der Waals surface area contributed by atoms with E-state index in [4.69, 9.17) is 21.1 Å². The van der Waals surface area contributed by atoms with Crippen molar-refractivity contribution in [2.75, 3.05) is 31.0 Å². The number of amides is 3. The highest BCUT2D eigenvalue weighted by Gasteiger charge is 2.55. The summed E-state index contributed by atoms with van der Waals surface area (Å²) in [5.74, 6) is -0.434. The first kappa shape index (κ1) is 20.6. The van der Waals surface area contributed by atoms with Crippen LogP contribution >= 0.6 is 11.6 Å². The standard InChI is InChI=1S/C20H18ClN5O5/c1-30-14-7-12(8-15(9-14)31-2)22-16(27)10-25-18-17(23-24-25)19(28)26(20(18)29)13-5-3-11(21)4-6-13/h3-9,17-18H,10H2,1-2H3,(H,22,27)/t17-,18-/m0/s1. The summed E-state index contributed by atoms with van der Waals surface area (Å²) < 4.78 is 10.4. The molecule has 160 valence electrons. The van der Waals surface area contributed by atoms with Gasteiger partial charge in [0, 0.05) is 28.9 Å². The number of nitrogens with zero attached hydrogens (tertiary/aromatic N) is 4. The SMILES string of the molecule is COc1cc(NC(=O)CN2N=N[C@@H]3C(=O)N(c4ccc(Cl)cc4)C(=O)[C@H]32)cc(OC)c1. The van der Waals surface area contributed by atoms with Gasteiger partial charge in [0.1, 0.15) is 18.0 Å². The molecule has 10 nitrogen and oxygen atoms in total. The zero-order valence-corrected chi connectivity index (χ0v) is 17.4. The number of hydrogen-bond acceptors (Lipinski definition) is 8. The van der Waals surface area contributed by atoms with Gasteiger partial charge in [-0.15, -0.1) is 0 Å². The van der Waals surface area contributed by atoms with E-state index in [0.717, 1.165) is 4.90 Å². The molecular weight excluding hydrogens is 426 g/mol. The number of imide groups is 1. The Labute approximate surface area is 182 Å². The van der Waals surface area contributed by atoms with Crippen molar-refractivity contribution in [2.24, 2.45) is 10.3 Å². The fourth-order valence-electron chi connectivity index (χ4n) is 3.43. The molecule has 2 aromatic rings. The molecule has 11 heteroatoms. The third-order valence-electron chi connectivity index (χ3n) is 4.88. The van der Waals surface area contributed by atoms with E-state index in [1.165, 1.54) is 19.2 Å². The topological polar surface area (TPSA) is 113 Å². The summed E-state index contributed by atoms with van der Waals surface area (Å²) in [6.07, 6.45) is 0. The van der Waals surface area contributed by atoms with Crippen molar-refractivity contribution in [3.8, 4) is 11.5 Å². The first-order valence-electron chi connectivity index (χ1n) is 9.25. The Hall–Kier alpha value is -3.66. The molecule has 0 spiro atoms. The predicted molar refractivity (Wildman–Crippen MR) is 111 cm³/mol. The van der Waals surface area contributed by atoms with Crippen LogP contribution in [0.25, 0.3) is 0 Å². The van der Waals surface area contributed by atoms with Crippen molar-refractivity contribution in [3.05, 3.63) is 47.5 Å². The van der Waals surface area contributed by atoms with E-state index in [-0.39, 0.29) is 6.54 Å². The molecular formula is C20H18ClN5O5. The van der Waals surface area contributed by atoms with Crippen molar-refractivity contribution < 1.29 is 23.9 Å². The molecule has 1 fully saturated rings. The third-order valence-corrected chi connectivity index (χ3v) is 5.14. The average Bonchev–Trinajstić information content (AvgIpc) is 3.28. The smallest absolute Gasteiger partial charge is 0.263 e. The molecule has 2 heterocycles. The minimum atomic E-state index is -0.993. The third kappa shape index (κ3) is 3.89. The van der Waals surface area contributed by atoms with Crippen molar-refractivity contribution in [2.45, 2.75) is 12.1 Å². The Balaban J connectivity index is 1.48. The maximum atomic E-state index is 12.9. The molecule has 1 N–H and O–H groups in total. The molecule has 31 heavy (non-hydrogen) atoms. The number of fused-ring (bicyclic) bond motifs is 1. The number of anilines is 2. The van der Waals surface area contributed by atoms with Gasteiger partial charge in [0.05, 0.1) is 19.9 Å². The van der Waals surface area contributed by atoms with E-state index in [1.54, 1.807) is 42.5 Å². The van der Waals surface area contributed by atoms with Gasteiger partial charge in [-0.25, -0.2) is 4.90 Å². The highest BCUT2D eigenvalue weighted by Crippen LogP contribution is 2.32. The fraction of sp³-hybridized carbons (Fsp3) is 0.250. The first-order valence-corrected chi connectivity index (χ1v) is 9.63. The van der Waals surface area contributed by atoms with Crippen LogP contribution in [0, 0.1) is 0 Å². The molecule has 1 saturated heterocycles. The summed E-state index contributed by atoms with van der Waals surface area (Å²) in [7, 11) is 3.00. The first-order chi connectivity index (χ1) is 14.9. The molecule has 0 saturated carbocycles. The van der Waals surface area contributed by atoms with Gasteiger partial charge in [-0.1, -0.05) is 16.8 Å². The summed E-state index contributed by atoms with van der Waals surface area (Å²) in [4.78, 5) is 39.3. The van der Waals surface area contributed by atoms with Gasteiger partial charge in [-0.3, -0.25) is 19.4 Å². The fourth-order valence-corrected chi connectivity index (χ4v) is 3.55. The van der Waals surface area contributed by atoms with Gasteiger partial charge < -0.3 is 14.8 Å². The lowest BCUT2D eigenvalue weighted by Gasteiger charge is -2.20. The number of benzene rings is 2. The summed E-state index contributed by atoms with van der Waals surface area (Å²) in [6, 6.07) is 9.27. The second kappa shape index (κ2) is 8.23. The lowest BCUT2D eigenvalue weighted by atomic mass is 10.1. The van der Waals surface area contributed by atoms with Crippen LogP contribution in [0.15, 0.2) is 52.8 Å². The van der Waals surface area contributed by atoms with Gasteiger partial charge >= 0.3 is 0 Å². The minimum absolute atomic E-state index is 0.266. The molecule has 2 aliphatic heterocycles. The molecule has 0 aromatic heterocycles. The molecule has 0 aliphatic carbocycles. The number of carbonyl (C=O) groups is 3. The van der Waals surface area contributed by atoms with Crippen LogP contribution in [0.2, 0.25) is 5.02 Å². The number of rotatable bonds is 6. The Morgan fingerprint density at radius 1 is 1.06 bits per heavy atom. The number of hydrogen-bond donors (Lipinski definition) is 1. The maximum Gasteiger partial charge on any atom is 0.263 e. The minimum Gasteiger partial charge on any atom is -0.497 e. The summed E-state index contributed by atoms with van der Waals surface area (Å²) in [6.45, 7) is -0.266. The molecule has 2 aromatic carbocycles. The van der Waals surface area contributed by atoms with E-state index in [2.05, 4.69) is 15.7 Å². The van der Waals surface area contributed by atoms with Crippen molar-refractivity contribution in [3.63, 3.8) is 0 Å². The molecule has 3 amide bonds. The van der Waals surface area contributed by atoms with Crippen LogP contribution in [-0.4, -0.2) is 55.6 Å². The van der Waals surface area contributed by atoms with E-state index in [9.17, 15) is 14.4 Å². The highest BCUT2D eigenvalue weighted by molar-refractivity contribution is 6.31. The summed E-state index contributed by atoms with van der Waals surface area (Å²) in [5.41, 5.74) is 0.836. The van der Waals surface area contributed by atoms with Crippen LogP contribution in [0.4, 0.5) is 11.4 Å². The normalized spacial score (nSPS) is 19.6. The Morgan fingerprint density at radius 2 is 1.71 bits per heavy atom. The zero-order chi connectivity index (χ0) is 22.1. The van der Waals surface area contributed by atoms with Crippen LogP contribution in [0.5, 0.6) is 11.5 Å². The number of carbonyl (C=O) groups excluding carboxylic acids is 3. The molecule has 0 bridgehead atoms. The molecule has 2 aliphatic rings. The van der Waals surface area contributed by atoms with E-state index >= 15 is 0 Å². The van der Waals surface area contributed by atoms with Gasteiger partial charge in [0.15, 0.2) is 12.1 Å². The second-order valence-electron chi connectivity index (χ2n) is 6.83. The van der Waals surface area contributed by atoms with E-state index < -0.39 is 29.8 Å². The Morgan fingerprint density at radius 3 is 2.32 bits per heavy atom. The number of halogens is 1. The molecule has 0 radical (unpaired) electrons. The van der Waals surface area contributed by atoms with Crippen LogP contribution in [0.3, 0.4) is 0 Å². The zero-order valence-electron chi connectivity index (χ0n) is 16.6. The van der Waals surface area contributed by atoms with Gasteiger partial charge in [-0.2, -0.15) is 5.11 Å². The van der Waals surface area contributed by atoms with Crippen molar-refractivity contribution in [1.29, 1.82) is 0 Å². The molecule has 4 rings (SSSR count). The monoisotopic (exact) mass is 443 g/mol. The second-order valence-corrected chi connectivity index (χ2v) is 7.27. The molecule has 2 atom stereocenters. The highest BCUT2D eigenvalue weighted by atomic mass is 35.5.